The molecule has 0 unspecified atom stereocenters. The van der Waals surface area contributed by atoms with Gasteiger partial charge in [-0.25, -0.2) is 4.79 Å². The Balaban J connectivity index is 1.52. The molecule has 2 amide bonds. The molecule has 33 heavy (non-hydrogen) atoms. The van der Waals surface area contributed by atoms with Gasteiger partial charge < -0.3 is 19.7 Å². The van der Waals surface area contributed by atoms with Crippen LogP contribution in [0.1, 0.15) is 41.0 Å². The molecule has 0 radical (unpaired) electrons. The summed E-state index contributed by atoms with van der Waals surface area (Å²) >= 11 is 0. The minimum absolute atomic E-state index is 0.0409. The molecular formula is C24H24N2O7. The average Bonchev–Trinajstić information content (AvgIpc) is 3.19. The molecular weight excluding hydrogens is 428 g/mol. The molecule has 172 valence electrons. The van der Waals surface area contributed by atoms with Crippen LogP contribution in [0.3, 0.4) is 0 Å². The van der Waals surface area contributed by atoms with E-state index in [-0.39, 0.29) is 31.3 Å². The van der Waals surface area contributed by atoms with E-state index in [1.54, 1.807) is 49.4 Å². The maximum absolute atomic E-state index is 12.4. The normalized spacial score (nSPS) is 15.2. The van der Waals surface area contributed by atoms with Crippen molar-refractivity contribution in [1.29, 1.82) is 0 Å². The van der Waals surface area contributed by atoms with Crippen molar-refractivity contribution in [3.63, 3.8) is 0 Å². The number of nitrogens with one attached hydrogen (secondary N) is 1. The number of Topliss-reactive ketones (excluding diaryl/α,β-unsaturated/α-hetero) is 1. The van der Waals surface area contributed by atoms with Gasteiger partial charge in [0, 0.05) is 29.9 Å². The fourth-order valence-electron chi connectivity index (χ4n) is 3.37. The molecule has 9 nitrogen and oxygen atoms in total. The zero-order valence-corrected chi connectivity index (χ0v) is 18.3. The molecule has 1 fully saturated rings. The van der Waals surface area contributed by atoms with Gasteiger partial charge in [0.25, 0.3) is 5.91 Å². The number of nitrogens with zero attached hydrogens (tertiary/aromatic N) is 1. The summed E-state index contributed by atoms with van der Waals surface area (Å²) in [6, 6.07) is 12.7. The molecule has 1 N–H and O–H groups in total. The van der Waals surface area contributed by atoms with E-state index in [0.717, 1.165) is 0 Å². The SMILES string of the molecule is CCOC(=O)c1ccc(N2C[C@H](C(=O)OCC(=O)Nc3cccc(C(C)=O)c3)CC2=O)cc1. The Hall–Kier alpha value is -4.01. The molecule has 1 saturated heterocycles. The third kappa shape index (κ3) is 6.03. The van der Waals surface area contributed by atoms with Crippen LogP contribution in [0.15, 0.2) is 48.5 Å². The van der Waals surface area contributed by atoms with E-state index in [0.29, 0.717) is 22.5 Å². The third-order valence-electron chi connectivity index (χ3n) is 5.05. The summed E-state index contributed by atoms with van der Waals surface area (Å²) in [5.41, 5.74) is 1.77. The van der Waals surface area contributed by atoms with Crippen LogP contribution in [0.4, 0.5) is 11.4 Å². The maximum Gasteiger partial charge on any atom is 0.338 e. The monoisotopic (exact) mass is 452 g/mol. The first-order valence-electron chi connectivity index (χ1n) is 10.4. The van der Waals surface area contributed by atoms with Crippen molar-refractivity contribution in [3.8, 4) is 0 Å². The Morgan fingerprint density at radius 1 is 1.03 bits per heavy atom. The molecule has 1 aliphatic rings. The number of rotatable bonds is 8. The van der Waals surface area contributed by atoms with Crippen molar-refractivity contribution < 1.29 is 33.4 Å². The Morgan fingerprint density at radius 2 is 1.76 bits per heavy atom. The predicted molar refractivity (Wildman–Crippen MR) is 119 cm³/mol. The van der Waals surface area contributed by atoms with Crippen LogP contribution in [-0.4, -0.2) is 49.3 Å². The van der Waals surface area contributed by atoms with Crippen LogP contribution in [0, 0.1) is 5.92 Å². The van der Waals surface area contributed by atoms with Crippen molar-refractivity contribution >= 4 is 40.9 Å². The second-order valence-corrected chi connectivity index (χ2v) is 7.47. The maximum atomic E-state index is 12.4. The van der Waals surface area contributed by atoms with E-state index in [4.69, 9.17) is 9.47 Å². The van der Waals surface area contributed by atoms with Gasteiger partial charge in [-0.1, -0.05) is 12.1 Å². The molecule has 0 spiro atoms. The second kappa shape index (κ2) is 10.5. The minimum atomic E-state index is -0.712. The van der Waals surface area contributed by atoms with E-state index in [2.05, 4.69) is 5.32 Å². The Labute approximate surface area is 190 Å². The Bertz CT molecular complexity index is 1080. The molecule has 2 aromatic rings. The van der Waals surface area contributed by atoms with Gasteiger partial charge in [-0.2, -0.15) is 0 Å². The zero-order valence-electron chi connectivity index (χ0n) is 18.3. The van der Waals surface area contributed by atoms with E-state index < -0.39 is 30.4 Å². The molecule has 3 rings (SSSR count). The number of anilines is 2. The van der Waals surface area contributed by atoms with E-state index >= 15 is 0 Å². The summed E-state index contributed by atoms with van der Waals surface area (Å²) in [5.74, 6) is -2.77. The standard InChI is InChI=1S/C24H24N2O7/c1-3-32-23(30)16-7-9-20(10-8-16)26-13-18(12-22(26)29)24(31)33-14-21(28)25-19-6-4-5-17(11-19)15(2)27/h4-11,18H,3,12-14H2,1-2H3,(H,25,28)/t18-/m1/s1. The Morgan fingerprint density at radius 3 is 2.42 bits per heavy atom. The van der Waals surface area contributed by atoms with Crippen LogP contribution >= 0.6 is 0 Å². The van der Waals surface area contributed by atoms with Gasteiger partial charge in [-0.15, -0.1) is 0 Å². The van der Waals surface area contributed by atoms with E-state index in [1.165, 1.54) is 17.9 Å². The molecule has 0 saturated carbocycles. The lowest BCUT2D eigenvalue weighted by molar-refractivity contribution is -0.151. The van der Waals surface area contributed by atoms with Crippen molar-refractivity contribution in [1.82, 2.24) is 0 Å². The van der Waals surface area contributed by atoms with Gasteiger partial charge in [0.05, 0.1) is 18.1 Å². The van der Waals surface area contributed by atoms with Gasteiger partial charge in [-0.3, -0.25) is 19.2 Å². The number of carbonyl (C=O) groups is 5. The highest BCUT2D eigenvalue weighted by Gasteiger charge is 2.36. The fraction of sp³-hybridized carbons (Fsp3) is 0.292. The molecule has 0 aromatic heterocycles. The smallest absolute Gasteiger partial charge is 0.338 e. The summed E-state index contributed by atoms with van der Waals surface area (Å²) in [5, 5.41) is 2.57. The lowest BCUT2D eigenvalue weighted by Crippen LogP contribution is -2.28. The molecule has 1 atom stereocenters. The summed E-state index contributed by atoms with van der Waals surface area (Å²) in [4.78, 5) is 61.5. The zero-order chi connectivity index (χ0) is 24.0. The average molecular weight is 452 g/mol. The number of carbonyl (C=O) groups excluding carboxylic acids is 5. The third-order valence-corrected chi connectivity index (χ3v) is 5.05. The van der Waals surface area contributed by atoms with Crippen molar-refractivity contribution in [2.75, 3.05) is 30.0 Å². The van der Waals surface area contributed by atoms with Gasteiger partial charge in [0.1, 0.15) is 0 Å². The number of hydrogen-bond donors (Lipinski definition) is 1. The summed E-state index contributed by atoms with van der Waals surface area (Å²) in [6.07, 6.45) is -0.0409. The molecule has 1 aliphatic heterocycles. The summed E-state index contributed by atoms with van der Waals surface area (Å²) in [7, 11) is 0. The topological polar surface area (TPSA) is 119 Å². The van der Waals surface area contributed by atoms with Crippen LogP contribution in [-0.2, 0) is 23.9 Å². The molecule has 2 aromatic carbocycles. The van der Waals surface area contributed by atoms with Crippen LogP contribution in [0.2, 0.25) is 0 Å². The highest BCUT2D eigenvalue weighted by atomic mass is 16.5. The van der Waals surface area contributed by atoms with Gasteiger partial charge in [0.2, 0.25) is 5.91 Å². The minimum Gasteiger partial charge on any atom is -0.462 e. The largest absolute Gasteiger partial charge is 0.462 e. The number of amides is 2. The van der Waals surface area contributed by atoms with Crippen molar-refractivity contribution in [2.24, 2.45) is 5.92 Å². The summed E-state index contributed by atoms with van der Waals surface area (Å²) in [6.45, 7) is 2.99. The van der Waals surface area contributed by atoms with Crippen molar-refractivity contribution in [2.45, 2.75) is 20.3 Å². The van der Waals surface area contributed by atoms with Crippen LogP contribution < -0.4 is 10.2 Å². The molecule has 9 heteroatoms. The van der Waals surface area contributed by atoms with Gasteiger partial charge in [0.15, 0.2) is 12.4 Å². The number of ether oxygens (including phenoxy) is 2. The highest BCUT2D eigenvalue weighted by molar-refractivity contribution is 6.01. The fourth-order valence-corrected chi connectivity index (χ4v) is 3.37. The van der Waals surface area contributed by atoms with E-state index in [9.17, 15) is 24.0 Å². The summed E-state index contributed by atoms with van der Waals surface area (Å²) < 4.78 is 10.0. The quantitative estimate of drug-likeness (QED) is 0.483. The lowest BCUT2D eigenvalue weighted by Gasteiger charge is -2.17. The van der Waals surface area contributed by atoms with E-state index in [1.807, 2.05) is 0 Å². The number of ketones is 1. The first kappa shape index (κ1) is 23.6. The lowest BCUT2D eigenvalue weighted by atomic mass is 10.1. The number of hydrogen-bond acceptors (Lipinski definition) is 7. The first-order valence-corrected chi connectivity index (χ1v) is 10.4. The number of benzene rings is 2. The van der Waals surface area contributed by atoms with Crippen LogP contribution in [0.25, 0.3) is 0 Å². The Kier molecular flexibility index (Phi) is 7.55. The van der Waals surface area contributed by atoms with Crippen molar-refractivity contribution in [3.05, 3.63) is 59.7 Å². The van der Waals surface area contributed by atoms with Gasteiger partial charge in [-0.05, 0) is 50.2 Å². The first-order chi connectivity index (χ1) is 15.8. The predicted octanol–water partition coefficient (Wildman–Crippen LogP) is 2.60. The number of esters is 2. The molecule has 1 heterocycles. The molecule has 0 aliphatic carbocycles. The highest BCUT2D eigenvalue weighted by Crippen LogP contribution is 2.26. The van der Waals surface area contributed by atoms with Gasteiger partial charge >= 0.3 is 11.9 Å². The van der Waals surface area contributed by atoms with Crippen LogP contribution in [0.5, 0.6) is 0 Å². The molecule has 0 bridgehead atoms. The second-order valence-electron chi connectivity index (χ2n) is 7.47.